The van der Waals surface area contributed by atoms with Gasteiger partial charge in [-0.2, -0.15) is 10.4 Å². The fourth-order valence-electron chi connectivity index (χ4n) is 1.75. The summed E-state index contributed by atoms with van der Waals surface area (Å²) in [6, 6.07) is 17.4. The smallest absolute Gasteiger partial charge is 0.318 e. The fraction of sp³-hybridized carbons (Fsp3) is 0.0588. The number of carbonyl (C=O) groups is 2. The molecule has 0 bridgehead atoms. The number of nitrogens with zero attached hydrogens (tertiary/aromatic N) is 2. The van der Waals surface area contributed by atoms with Gasteiger partial charge in [-0.05, 0) is 36.8 Å². The van der Waals surface area contributed by atoms with Crippen LogP contribution >= 0.6 is 0 Å². The Labute approximate surface area is 133 Å². The average molecular weight is 306 g/mol. The second-order valence-corrected chi connectivity index (χ2v) is 4.65. The lowest BCUT2D eigenvalue weighted by Gasteiger charge is -2.05. The van der Waals surface area contributed by atoms with Crippen molar-refractivity contribution < 1.29 is 9.59 Å². The van der Waals surface area contributed by atoms with Gasteiger partial charge in [0.1, 0.15) is 0 Å². The molecule has 2 rings (SSSR count). The van der Waals surface area contributed by atoms with Crippen LogP contribution in [0, 0.1) is 11.3 Å². The normalized spacial score (nSPS) is 10.5. The van der Waals surface area contributed by atoms with Crippen LogP contribution in [0.2, 0.25) is 0 Å². The van der Waals surface area contributed by atoms with E-state index in [0.717, 1.165) is 5.56 Å². The zero-order valence-electron chi connectivity index (χ0n) is 12.4. The van der Waals surface area contributed by atoms with Crippen molar-refractivity contribution >= 4 is 23.2 Å². The SMILES string of the molecule is C/C(=N\NC(=O)C(=O)Nc1ccc(C#N)cc1)c1ccccc1. The summed E-state index contributed by atoms with van der Waals surface area (Å²) in [6.45, 7) is 1.73. The molecule has 23 heavy (non-hydrogen) atoms. The molecule has 0 radical (unpaired) electrons. The number of benzene rings is 2. The van der Waals surface area contributed by atoms with Crippen LogP contribution in [0.15, 0.2) is 59.7 Å². The molecule has 0 atom stereocenters. The maximum absolute atomic E-state index is 11.8. The van der Waals surface area contributed by atoms with Crippen molar-refractivity contribution in [2.45, 2.75) is 6.92 Å². The van der Waals surface area contributed by atoms with Gasteiger partial charge in [-0.15, -0.1) is 0 Å². The van der Waals surface area contributed by atoms with E-state index in [9.17, 15) is 9.59 Å². The molecule has 0 aliphatic heterocycles. The number of nitriles is 1. The Morgan fingerprint density at radius 2 is 1.65 bits per heavy atom. The van der Waals surface area contributed by atoms with Crippen molar-refractivity contribution in [1.82, 2.24) is 5.43 Å². The molecule has 0 unspecified atom stereocenters. The summed E-state index contributed by atoms with van der Waals surface area (Å²) in [5.74, 6) is -1.70. The third-order valence-corrected chi connectivity index (χ3v) is 2.99. The lowest BCUT2D eigenvalue weighted by atomic mass is 10.1. The standard InChI is InChI=1S/C17H14N4O2/c1-12(14-5-3-2-4-6-14)20-21-17(23)16(22)19-15-9-7-13(11-18)8-10-15/h2-10H,1H3,(H,19,22)(H,21,23)/b20-12+. The largest absolute Gasteiger partial charge is 0.329 e. The minimum Gasteiger partial charge on any atom is -0.318 e. The monoisotopic (exact) mass is 306 g/mol. The lowest BCUT2D eigenvalue weighted by molar-refractivity contribution is -0.136. The lowest BCUT2D eigenvalue weighted by Crippen LogP contribution is -2.32. The Kier molecular flexibility index (Phi) is 5.21. The quantitative estimate of drug-likeness (QED) is 0.516. The molecule has 0 aromatic heterocycles. The Morgan fingerprint density at radius 3 is 2.26 bits per heavy atom. The van der Waals surface area contributed by atoms with E-state index in [-0.39, 0.29) is 0 Å². The van der Waals surface area contributed by atoms with Crippen molar-refractivity contribution in [3.8, 4) is 6.07 Å². The summed E-state index contributed by atoms with van der Waals surface area (Å²) in [5.41, 5.74) is 4.54. The summed E-state index contributed by atoms with van der Waals surface area (Å²) in [7, 11) is 0. The highest BCUT2D eigenvalue weighted by Gasteiger charge is 2.13. The van der Waals surface area contributed by atoms with Gasteiger partial charge in [0.05, 0.1) is 17.3 Å². The van der Waals surface area contributed by atoms with E-state index in [1.807, 2.05) is 36.4 Å². The van der Waals surface area contributed by atoms with Gasteiger partial charge in [-0.3, -0.25) is 9.59 Å². The Balaban J connectivity index is 1.95. The zero-order chi connectivity index (χ0) is 16.7. The Hall–Kier alpha value is -3.46. The Morgan fingerprint density at radius 1 is 1.00 bits per heavy atom. The van der Waals surface area contributed by atoms with Gasteiger partial charge in [-0.1, -0.05) is 30.3 Å². The summed E-state index contributed by atoms with van der Waals surface area (Å²) < 4.78 is 0. The molecule has 2 aromatic carbocycles. The molecule has 0 heterocycles. The molecule has 2 N–H and O–H groups in total. The van der Waals surface area contributed by atoms with Crippen LogP contribution < -0.4 is 10.7 Å². The minimum atomic E-state index is -0.871. The number of rotatable bonds is 3. The molecule has 6 nitrogen and oxygen atoms in total. The molecule has 0 aliphatic carbocycles. The summed E-state index contributed by atoms with van der Waals surface area (Å²) in [5, 5.41) is 15.0. The van der Waals surface area contributed by atoms with Crippen molar-refractivity contribution in [1.29, 1.82) is 5.26 Å². The van der Waals surface area contributed by atoms with Crippen molar-refractivity contribution in [3.05, 3.63) is 65.7 Å². The van der Waals surface area contributed by atoms with E-state index in [1.165, 1.54) is 0 Å². The molecule has 0 saturated carbocycles. The van der Waals surface area contributed by atoms with E-state index in [2.05, 4.69) is 15.8 Å². The van der Waals surface area contributed by atoms with Crippen LogP contribution in [0.3, 0.4) is 0 Å². The first-order valence-electron chi connectivity index (χ1n) is 6.81. The first-order valence-corrected chi connectivity index (χ1v) is 6.81. The molecule has 0 spiro atoms. The molecule has 0 fully saturated rings. The van der Waals surface area contributed by atoms with E-state index in [1.54, 1.807) is 31.2 Å². The number of anilines is 1. The molecule has 0 aliphatic rings. The van der Waals surface area contributed by atoms with Crippen LogP contribution in [0.25, 0.3) is 0 Å². The molecular formula is C17H14N4O2. The second kappa shape index (κ2) is 7.52. The number of carbonyl (C=O) groups excluding carboxylic acids is 2. The fourth-order valence-corrected chi connectivity index (χ4v) is 1.75. The molecule has 6 heteroatoms. The summed E-state index contributed by atoms with van der Waals surface area (Å²) >= 11 is 0. The van der Waals surface area contributed by atoms with Gasteiger partial charge >= 0.3 is 11.8 Å². The predicted octanol–water partition coefficient (Wildman–Crippen LogP) is 2.04. The van der Waals surface area contributed by atoms with Crippen LogP contribution in [0.1, 0.15) is 18.1 Å². The average Bonchev–Trinajstić information content (AvgIpc) is 2.60. The van der Waals surface area contributed by atoms with Crippen LogP contribution in [0.5, 0.6) is 0 Å². The van der Waals surface area contributed by atoms with Crippen molar-refractivity contribution in [3.63, 3.8) is 0 Å². The summed E-state index contributed by atoms with van der Waals surface area (Å²) in [6.07, 6.45) is 0. The zero-order valence-corrected chi connectivity index (χ0v) is 12.4. The van der Waals surface area contributed by atoms with E-state index >= 15 is 0 Å². The molecular weight excluding hydrogens is 292 g/mol. The number of hydrazone groups is 1. The molecule has 2 aromatic rings. The maximum Gasteiger partial charge on any atom is 0.329 e. The van der Waals surface area contributed by atoms with E-state index in [0.29, 0.717) is 17.0 Å². The van der Waals surface area contributed by atoms with Gasteiger partial charge in [0, 0.05) is 5.69 Å². The highest BCUT2D eigenvalue weighted by molar-refractivity contribution is 6.39. The van der Waals surface area contributed by atoms with Crippen LogP contribution in [-0.2, 0) is 9.59 Å². The van der Waals surface area contributed by atoms with Gasteiger partial charge in [0.25, 0.3) is 0 Å². The predicted molar refractivity (Wildman–Crippen MR) is 86.6 cm³/mol. The van der Waals surface area contributed by atoms with Gasteiger partial charge < -0.3 is 5.32 Å². The Bertz CT molecular complexity index is 774. The van der Waals surface area contributed by atoms with Crippen LogP contribution in [0.4, 0.5) is 5.69 Å². The molecule has 2 amide bonds. The molecule has 114 valence electrons. The third-order valence-electron chi connectivity index (χ3n) is 2.99. The highest BCUT2D eigenvalue weighted by atomic mass is 16.2. The maximum atomic E-state index is 11.8. The number of hydrogen-bond acceptors (Lipinski definition) is 4. The van der Waals surface area contributed by atoms with Crippen molar-refractivity contribution in [2.24, 2.45) is 5.10 Å². The molecule has 0 saturated heterocycles. The van der Waals surface area contributed by atoms with E-state index in [4.69, 9.17) is 5.26 Å². The number of hydrogen-bond donors (Lipinski definition) is 2. The first kappa shape index (κ1) is 15.9. The third kappa shape index (κ3) is 4.51. The van der Waals surface area contributed by atoms with E-state index < -0.39 is 11.8 Å². The second-order valence-electron chi connectivity index (χ2n) is 4.65. The first-order chi connectivity index (χ1) is 11.1. The topological polar surface area (TPSA) is 94.3 Å². The summed E-state index contributed by atoms with van der Waals surface area (Å²) in [4.78, 5) is 23.5. The van der Waals surface area contributed by atoms with Crippen molar-refractivity contribution in [2.75, 3.05) is 5.32 Å². The highest BCUT2D eigenvalue weighted by Crippen LogP contribution is 2.08. The van der Waals surface area contributed by atoms with Crippen LogP contribution in [-0.4, -0.2) is 17.5 Å². The van der Waals surface area contributed by atoms with Gasteiger partial charge in [0.15, 0.2) is 0 Å². The van der Waals surface area contributed by atoms with Gasteiger partial charge in [-0.25, -0.2) is 5.43 Å². The minimum absolute atomic E-state index is 0.424. The van der Waals surface area contributed by atoms with Gasteiger partial charge in [0.2, 0.25) is 0 Å². The number of amides is 2. The number of nitrogens with one attached hydrogen (secondary N) is 2.